The molecule has 0 bridgehead atoms. The molecule has 3 amide bonds. The monoisotopic (exact) mass is 346 g/mol. The van der Waals surface area contributed by atoms with Crippen molar-refractivity contribution in [3.63, 3.8) is 0 Å². The molecule has 1 saturated heterocycles. The number of halogens is 1. The number of carbonyl (C=O) groups is 2. The Bertz CT molecular complexity index is 768. The van der Waals surface area contributed by atoms with Gasteiger partial charge in [0, 0.05) is 30.9 Å². The van der Waals surface area contributed by atoms with E-state index in [1.165, 1.54) is 6.20 Å². The minimum atomic E-state index is -0.397. The van der Waals surface area contributed by atoms with Gasteiger partial charge in [-0.3, -0.25) is 4.79 Å². The minimum absolute atomic E-state index is 0.0698. The van der Waals surface area contributed by atoms with Crippen LogP contribution < -0.4 is 20.7 Å². The highest BCUT2D eigenvalue weighted by atomic mass is 35.5. The summed E-state index contributed by atoms with van der Waals surface area (Å²) in [5.74, 6) is 0.710. The number of para-hydroxylation sites is 1. The number of pyridine rings is 1. The lowest BCUT2D eigenvalue weighted by atomic mass is 10.2. The highest BCUT2D eigenvalue weighted by molar-refractivity contribution is 6.32. The van der Waals surface area contributed by atoms with Gasteiger partial charge in [0.2, 0.25) is 11.8 Å². The predicted octanol–water partition coefficient (Wildman–Crippen LogP) is 2.54. The Morgan fingerprint density at radius 2 is 2.17 bits per heavy atom. The lowest BCUT2D eigenvalue weighted by molar-refractivity contribution is -0.119. The second kappa shape index (κ2) is 7.18. The Hall–Kier alpha value is -2.80. The SMILES string of the molecule is O=C1C[C@H](NC(=O)Nc2ccnc(Oc3ccccc3Cl)c2)CN1. The first kappa shape index (κ1) is 16.1. The lowest BCUT2D eigenvalue weighted by Crippen LogP contribution is -2.39. The van der Waals surface area contributed by atoms with Gasteiger partial charge in [0.05, 0.1) is 11.1 Å². The fourth-order valence-electron chi connectivity index (χ4n) is 2.24. The van der Waals surface area contributed by atoms with Crippen molar-refractivity contribution in [3.8, 4) is 11.6 Å². The summed E-state index contributed by atoms with van der Waals surface area (Å²) in [5, 5.41) is 8.53. The second-order valence-corrected chi connectivity index (χ2v) is 5.63. The van der Waals surface area contributed by atoms with Crippen molar-refractivity contribution >= 4 is 29.2 Å². The van der Waals surface area contributed by atoms with Gasteiger partial charge in [-0.05, 0) is 18.2 Å². The van der Waals surface area contributed by atoms with Gasteiger partial charge < -0.3 is 20.7 Å². The van der Waals surface area contributed by atoms with Crippen molar-refractivity contribution in [2.75, 3.05) is 11.9 Å². The summed E-state index contributed by atoms with van der Waals surface area (Å²) in [4.78, 5) is 27.2. The van der Waals surface area contributed by atoms with E-state index in [0.29, 0.717) is 28.9 Å². The van der Waals surface area contributed by atoms with Crippen molar-refractivity contribution in [1.82, 2.24) is 15.6 Å². The maximum Gasteiger partial charge on any atom is 0.319 e. The summed E-state index contributed by atoms with van der Waals surface area (Å²) >= 11 is 6.04. The van der Waals surface area contributed by atoms with E-state index in [0.717, 1.165) is 0 Å². The van der Waals surface area contributed by atoms with Crippen LogP contribution in [0.1, 0.15) is 6.42 Å². The highest BCUT2D eigenvalue weighted by Gasteiger charge is 2.22. The first-order valence-corrected chi connectivity index (χ1v) is 7.70. The molecule has 0 aliphatic carbocycles. The molecule has 1 aliphatic rings. The molecule has 24 heavy (non-hydrogen) atoms. The Morgan fingerprint density at radius 1 is 1.33 bits per heavy atom. The molecule has 1 fully saturated rings. The van der Waals surface area contributed by atoms with Crippen LogP contribution in [-0.4, -0.2) is 29.5 Å². The van der Waals surface area contributed by atoms with Crippen LogP contribution in [0.3, 0.4) is 0 Å². The van der Waals surface area contributed by atoms with E-state index in [-0.39, 0.29) is 18.4 Å². The van der Waals surface area contributed by atoms with Gasteiger partial charge in [-0.2, -0.15) is 0 Å². The van der Waals surface area contributed by atoms with Crippen LogP contribution in [0.2, 0.25) is 5.02 Å². The zero-order valence-electron chi connectivity index (χ0n) is 12.6. The molecule has 3 rings (SSSR count). The fourth-order valence-corrected chi connectivity index (χ4v) is 2.42. The van der Waals surface area contributed by atoms with Crippen LogP contribution in [0.25, 0.3) is 0 Å². The van der Waals surface area contributed by atoms with Gasteiger partial charge in [0.15, 0.2) is 0 Å². The zero-order chi connectivity index (χ0) is 16.9. The topological polar surface area (TPSA) is 92.4 Å². The number of hydrogen-bond acceptors (Lipinski definition) is 4. The summed E-state index contributed by atoms with van der Waals surface area (Å²) < 4.78 is 5.61. The number of nitrogens with zero attached hydrogens (tertiary/aromatic N) is 1. The largest absolute Gasteiger partial charge is 0.437 e. The molecule has 0 unspecified atom stereocenters. The normalized spacial score (nSPS) is 16.4. The van der Waals surface area contributed by atoms with E-state index in [1.54, 1.807) is 36.4 Å². The number of anilines is 1. The Balaban J connectivity index is 1.61. The van der Waals surface area contributed by atoms with E-state index in [1.807, 2.05) is 0 Å². The summed E-state index contributed by atoms with van der Waals surface area (Å²) in [6.45, 7) is 0.434. The molecular formula is C16H15ClN4O3. The number of amides is 3. The van der Waals surface area contributed by atoms with E-state index >= 15 is 0 Å². The van der Waals surface area contributed by atoms with E-state index in [9.17, 15) is 9.59 Å². The van der Waals surface area contributed by atoms with Gasteiger partial charge >= 0.3 is 6.03 Å². The molecule has 1 aromatic heterocycles. The van der Waals surface area contributed by atoms with Gasteiger partial charge in [-0.15, -0.1) is 0 Å². The van der Waals surface area contributed by atoms with Gasteiger partial charge in [-0.1, -0.05) is 23.7 Å². The third kappa shape index (κ3) is 4.14. The van der Waals surface area contributed by atoms with E-state index in [4.69, 9.17) is 16.3 Å². The summed E-state index contributed by atoms with van der Waals surface area (Å²) in [7, 11) is 0. The molecule has 8 heteroatoms. The zero-order valence-corrected chi connectivity index (χ0v) is 13.3. The molecule has 0 saturated carbocycles. The van der Waals surface area contributed by atoms with Crippen molar-refractivity contribution in [3.05, 3.63) is 47.6 Å². The molecule has 1 atom stereocenters. The van der Waals surface area contributed by atoms with E-state index in [2.05, 4.69) is 20.9 Å². The van der Waals surface area contributed by atoms with Crippen LogP contribution in [0, 0.1) is 0 Å². The number of ether oxygens (including phenoxy) is 1. The van der Waals surface area contributed by atoms with E-state index < -0.39 is 6.03 Å². The summed E-state index contributed by atoms with van der Waals surface area (Å²) in [6, 6.07) is 9.65. The number of carbonyl (C=O) groups excluding carboxylic acids is 2. The Labute approximate surface area is 143 Å². The third-order valence-corrected chi connectivity index (χ3v) is 3.67. The van der Waals surface area contributed by atoms with Crippen LogP contribution in [-0.2, 0) is 4.79 Å². The first-order chi connectivity index (χ1) is 11.6. The predicted molar refractivity (Wildman–Crippen MR) is 89.3 cm³/mol. The Kier molecular flexibility index (Phi) is 4.81. The first-order valence-electron chi connectivity index (χ1n) is 7.33. The maximum atomic E-state index is 12.0. The number of rotatable bonds is 4. The molecule has 2 heterocycles. The second-order valence-electron chi connectivity index (χ2n) is 5.22. The number of aromatic nitrogens is 1. The maximum absolute atomic E-state index is 12.0. The Morgan fingerprint density at radius 3 is 2.92 bits per heavy atom. The lowest BCUT2D eigenvalue weighted by Gasteiger charge is -2.12. The van der Waals surface area contributed by atoms with Crippen LogP contribution in [0.15, 0.2) is 42.6 Å². The van der Waals surface area contributed by atoms with Gasteiger partial charge in [0.1, 0.15) is 5.75 Å². The number of nitrogens with one attached hydrogen (secondary N) is 3. The smallest absolute Gasteiger partial charge is 0.319 e. The summed E-state index contributed by atoms with van der Waals surface area (Å²) in [5.41, 5.74) is 0.516. The van der Waals surface area contributed by atoms with Crippen molar-refractivity contribution in [2.45, 2.75) is 12.5 Å². The van der Waals surface area contributed by atoms with Crippen LogP contribution >= 0.6 is 11.6 Å². The molecule has 1 aliphatic heterocycles. The van der Waals surface area contributed by atoms with Crippen molar-refractivity contribution < 1.29 is 14.3 Å². The average Bonchev–Trinajstić information content (AvgIpc) is 2.95. The molecule has 7 nitrogen and oxygen atoms in total. The van der Waals surface area contributed by atoms with Gasteiger partial charge in [0.25, 0.3) is 0 Å². The number of benzene rings is 1. The molecule has 0 radical (unpaired) electrons. The third-order valence-electron chi connectivity index (χ3n) is 3.36. The van der Waals surface area contributed by atoms with Crippen LogP contribution in [0.5, 0.6) is 11.6 Å². The number of urea groups is 1. The standard InChI is InChI=1S/C16H15ClN4O3/c17-12-3-1-2-4-13(12)24-15-8-10(5-6-18-15)20-16(23)21-11-7-14(22)19-9-11/h1-6,8,11H,7,9H2,(H,19,22)(H2,18,20,21,23)/t11-/m0/s1. The summed E-state index contributed by atoms with van der Waals surface area (Å²) in [6.07, 6.45) is 1.80. The quantitative estimate of drug-likeness (QED) is 0.793. The molecule has 2 aromatic rings. The molecule has 3 N–H and O–H groups in total. The minimum Gasteiger partial charge on any atom is -0.437 e. The van der Waals surface area contributed by atoms with Crippen molar-refractivity contribution in [2.24, 2.45) is 0 Å². The van der Waals surface area contributed by atoms with Crippen LogP contribution in [0.4, 0.5) is 10.5 Å². The molecular weight excluding hydrogens is 332 g/mol. The van der Waals surface area contributed by atoms with Gasteiger partial charge in [-0.25, -0.2) is 9.78 Å². The fraction of sp³-hybridized carbons (Fsp3) is 0.188. The molecule has 0 spiro atoms. The number of hydrogen-bond donors (Lipinski definition) is 3. The molecule has 1 aromatic carbocycles. The van der Waals surface area contributed by atoms with Crippen molar-refractivity contribution in [1.29, 1.82) is 0 Å². The average molecular weight is 347 g/mol. The highest BCUT2D eigenvalue weighted by Crippen LogP contribution is 2.28. The molecule has 124 valence electrons.